The Kier molecular flexibility index (Phi) is 7.26. The number of carbonyl (C=O) groups excluding carboxylic acids is 3. The number of thiophene rings is 1. The van der Waals surface area contributed by atoms with E-state index in [-0.39, 0.29) is 30.0 Å². The maximum absolute atomic E-state index is 12.2. The van der Waals surface area contributed by atoms with Crippen LogP contribution in [0.4, 0.5) is 0 Å². The molecule has 1 saturated heterocycles. The quantitative estimate of drug-likeness (QED) is 0.246. The van der Waals surface area contributed by atoms with Crippen molar-refractivity contribution in [2.45, 2.75) is 18.5 Å². The number of ether oxygens (including phenoxy) is 1. The lowest BCUT2D eigenvalue weighted by Crippen LogP contribution is -2.69. The van der Waals surface area contributed by atoms with E-state index in [1.54, 1.807) is 0 Å². The molecule has 0 saturated carbocycles. The largest absolute Gasteiger partial charge is 0.479 e. The normalized spacial score (nSPS) is 19.2. The average Bonchev–Trinajstić information content (AvgIpc) is 3.07. The summed E-state index contributed by atoms with van der Waals surface area (Å²) in [6.45, 7) is -0.712. The molecule has 0 bridgehead atoms. The maximum atomic E-state index is 12.2. The predicted octanol–water partition coefficient (Wildman–Crippen LogP) is 0.657. The van der Waals surface area contributed by atoms with Crippen LogP contribution >= 0.6 is 39.2 Å². The summed E-state index contributed by atoms with van der Waals surface area (Å²) in [4.78, 5) is 46.8. The number of nitrogens with zero attached hydrogens (tertiary/aromatic N) is 1. The first-order chi connectivity index (χ1) is 11.9. The highest BCUT2D eigenvalue weighted by molar-refractivity contribution is 9.09. The van der Waals surface area contributed by atoms with Gasteiger partial charge >= 0.3 is 11.9 Å². The number of hydrogen-bond acceptors (Lipinski definition) is 7. The molecule has 2 amide bonds. The first-order valence-corrected chi connectivity index (χ1v) is 10.1. The molecular weight excluding hydrogens is 436 g/mol. The lowest BCUT2D eigenvalue weighted by atomic mass is 10.0. The minimum atomic E-state index is -1.25. The summed E-state index contributed by atoms with van der Waals surface area (Å²) in [6.07, 6.45) is 0.213. The lowest BCUT2D eigenvalue weighted by Gasteiger charge is -2.45. The van der Waals surface area contributed by atoms with Crippen LogP contribution in [-0.4, -0.2) is 62.9 Å². The zero-order valence-electron chi connectivity index (χ0n) is 12.8. The molecule has 0 aliphatic carbocycles. The molecule has 136 valence electrons. The molecule has 0 radical (unpaired) electrons. The molecule has 2 atom stereocenters. The van der Waals surface area contributed by atoms with Crippen LogP contribution in [0.3, 0.4) is 0 Å². The molecule has 11 heteroatoms. The van der Waals surface area contributed by atoms with Crippen LogP contribution in [0.25, 0.3) is 0 Å². The van der Waals surface area contributed by atoms with Crippen LogP contribution in [0.2, 0.25) is 0 Å². The number of carbonyl (C=O) groups is 4. The number of nitrogens with one attached hydrogen (secondary N) is 1. The van der Waals surface area contributed by atoms with Crippen LogP contribution in [0.1, 0.15) is 4.88 Å². The smallest absolute Gasteiger partial charge is 0.341 e. The molecular formula is C14H15BrN2O6S2. The third kappa shape index (κ3) is 5.44. The first-order valence-electron chi connectivity index (χ1n) is 7.13. The number of amides is 2. The molecule has 2 heterocycles. The molecule has 1 aromatic rings. The van der Waals surface area contributed by atoms with Gasteiger partial charge in [0.2, 0.25) is 5.91 Å². The standard InChI is InChI=1S/C14H15BrN2O6S2/c15-5-9-13(16-10(18)4-8-2-1-3-24-8)14(22)17(9)25-7-12(21)23-6-11(19)20/h1-3,9,13H,4-7H2,(H,16,18)(H,19,20). The van der Waals surface area contributed by atoms with E-state index in [2.05, 4.69) is 26.0 Å². The highest BCUT2D eigenvalue weighted by Gasteiger charge is 2.48. The van der Waals surface area contributed by atoms with Crippen molar-refractivity contribution in [2.75, 3.05) is 17.7 Å². The number of carboxylic acids is 1. The van der Waals surface area contributed by atoms with Gasteiger partial charge in [0.15, 0.2) is 6.61 Å². The number of carboxylic acid groups (broad SMARTS) is 1. The number of alkyl halides is 1. The third-order valence-electron chi connectivity index (χ3n) is 3.24. The van der Waals surface area contributed by atoms with E-state index >= 15 is 0 Å². The molecule has 1 aliphatic rings. The molecule has 0 aromatic carbocycles. The topological polar surface area (TPSA) is 113 Å². The number of aliphatic carboxylic acids is 1. The second-order valence-electron chi connectivity index (χ2n) is 5.01. The summed E-state index contributed by atoms with van der Waals surface area (Å²) in [5.41, 5.74) is 0. The highest BCUT2D eigenvalue weighted by Crippen LogP contribution is 2.30. The number of hydrogen-bond donors (Lipinski definition) is 2. The van der Waals surface area contributed by atoms with Gasteiger partial charge in [-0.05, 0) is 23.4 Å². The fourth-order valence-electron chi connectivity index (χ4n) is 2.09. The highest BCUT2D eigenvalue weighted by atomic mass is 79.9. The van der Waals surface area contributed by atoms with Gasteiger partial charge in [-0.1, -0.05) is 22.0 Å². The minimum Gasteiger partial charge on any atom is -0.479 e. The van der Waals surface area contributed by atoms with E-state index in [9.17, 15) is 19.2 Å². The SMILES string of the molecule is O=C(O)COC(=O)CSN1C(=O)C(NC(=O)Cc2cccs2)C1CBr. The van der Waals surface area contributed by atoms with Gasteiger partial charge in [0.1, 0.15) is 11.8 Å². The van der Waals surface area contributed by atoms with Crippen LogP contribution in [0, 0.1) is 0 Å². The summed E-state index contributed by atoms with van der Waals surface area (Å²) in [5, 5.41) is 13.4. The van der Waals surface area contributed by atoms with Gasteiger partial charge in [0.05, 0.1) is 12.5 Å². The summed E-state index contributed by atoms with van der Waals surface area (Å²) in [7, 11) is 0. The second-order valence-corrected chi connectivity index (χ2v) is 7.63. The van der Waals surface area contributed by atoms with Gasteiger partial charge in [-0.3, -0.25) is 18.7 Å². The van der Waals surface area contributed by atoms with Crippen molar-refractivity contribution in [3.05, 3.63) is 22.4 Å². The number of β-lactam (4-membered cyclic amide) rings is 1. The van der Waals surface area contributed by atoms with Crippen LogP contribution in [0.5, 0.6) is 0 Å². The number of halogens is 1. The van der Waals surface area contributed by atoms with E-state index in [0.717, 1.165) is 16.8 Å². The lowest BCUT2D eigenvalue weighted by molar-refractivity contribution is -0.153. The van der Waals surface area contributed by atoms with E-state index in [0.29, 0.717) is 5.33 Å². The molecule has 2 unspecified atom stereocenters. The molecule has 2 rings (SSSR count). The van der Waals surface area contributed by atoms with E-state index < -0.39 is 24.6 Å². The average molecular weight is 451 g/mol. The van der Waals surface area contributed by atoms with Crippen LogP contribution < -0.4 is 5.32 Å². The van der Waals surface area contributed by atoms with E-state index in [1.165, 1.54) is 15.6 Å². The van der Waals surface area contributed by atoms with Crippen molar-refractivity contribution in [1.29, 1.82) is 0 Å². The van der Waals surface area contributed by atoms with Crippen molar-refractivity contribution in [1.82, 2.24) is 9.62 Å². The van der Waals surface area contributed by atoms with Crippen molar-refractivity contribution >= 4 is 63.0 Å². The van der Waals surface area contributed by atoms with E-state index in [4.69, 9.17) is 5.11 Å². The van der Waals surface area contributed by atoms with Crippen molar-refractivity contribution in [3.8, 4) is 0 Å². The Labute approximate surface area is 160 Å². The maximum Gasteiger partial charge on any atom is 0.341 e. The Morgan fingerprint density at radius 3 is 2.80 bits per heavy atom. The van der Waals surface area contributed by atoms with Crippen molar-refractivity contribution in [2.24, 2.45) is 0 Å². The zero-order chi connectivity index (χ0) is 18.4. The Hall–Kier alpha value is -1.59. The summed E-state index contributed by atoms with van der Waals surface area (Å²) in [6, 6.07) is 2.76. The third-order valence-corrected chi connectivity index (χ3v) is 5.87. The predicted molar refractivity (Wildman–Crippen MR) is 95.4 cm³/mol. The van der Waals surface area contributed by atoms with Gasteiger partial charge < -0.3 is 15.2 Å². The summed E-state index contributed by atoms with van der Waals surface area (Å²) >= 11 is 5.70. The molecule has 0 spiro atoms. The zero-order valence-corrected chi connectivity index (χ0v) is 16.1. The first kappa shape index (κ1) is 19.7. The molecule has 1 aromatic heterocycles. The number of esters is 1. The van der Waals surface area contributed by atoms with Crippen LogP contribution in [-0.2, 0) is 30.3 Å². The van der Waals surface area contributed by atoms with Gasteiger partial charge in [0, 0.05) is 10.2 Å². The monoisotopic (exact) mass is 450 g/mol. The van der Waals surface area contributed by atoms with Gasteiger partial charge in [-0.2, -0.15) is 0 Å². The Morgan fingerprint density at radius 1 is 1.44 bits per heavy atom. The van der Waals surface area contributed by atoms with Gasteiger partial charge in [0.25, 0.3) is 5.91 Å². The Balaban J connectivity index is 1.79. The Morgan fingerprint density at radius 2 is 2.20 bits per heavy atom. The molecule has 1 aliphatic heterocycles. The fourth-order valence-corrected chi connectivity index (χ4v) is 4.60. The van der Waals surface area contributed by atoms with Gasteiger partial charge in [-0.25, -0.2) is 4.79 Å². The number of rotatable bonds is 9. The molecule has 2 N–H and O–H groups in total. The minimum absolute atomic E-state index is 0.182. The fraction of sp³-hybridized carbons (Fsp3) is 0.429. The summed E-state index contributed by atoms with van der Waals surface area (Å²) in [5.74, 6) is -2.69. The van der Waals surface area contributed by atoms with E-state index in [1.807, 2.05) is 17.5 Å². The van der Waals surface area contributed by atoms with Crippen molar-refractivity contribution < 1.29 is 29.0 Å². The van der Waals surface area contributed by atoms with Gasteiger partial charge in [-0.15, -0.1) is 11.3 Å². The molecule has 25 heavy (non-hydrogen) atoms. The Bertz CT molecular complexity index is 654. The summed E-state index contributed by atoms with van der Waals surface area (Å²) < 4.78 is 5.88. The van der Waals surface area contributed by atoms with Crippen LogP contribution in [0.15, 0.2) is 17.5 Å². The molecule has 8 nitrogen and oxygen atoms in total. The second kappa shape index (κ2) is 9.20. The van der Waals surface area contributed by atoms with Crippen molar-refractivity contribution in [3.63, 3.8) is 0 Å². The molecule has 1 fully saturated rings.